The Balaban J connectivity index is 1.52. The number of aromatic nitrogens is 2. The first-order valence-corrected chi connectivity index (χ1v) is 8.64. The smallest absolute Gasteiger partial charge is 0.225 e. The summed E-state index contributed by atoms with van der Waals surface area (Å²) in [5.41, 5.74) is 2.15. The molecule has 1 heterocycles. The molecule has 0 saturated heterocycles. The van der Waals surface area contributed by atoms with Crippen molar-refractivity contribution < 1.29 is 4.79 Å². The fourth-order valence-electron chi connectivity index (χ4n) is 2.47. The first-order chi connectivity index (χ1) is 12.1. The number of rotatable bonds is 6. The third kappa shape index (κ3) is 5.34. The molecule has 0 unspecified atom stereocenters. The van der Waals surface area contributed by atoms with Crippen molar-refractivity contribution in [1.29, 1.82) is 0 Å². The molecule has 25 heavy (non-hydrogen) atoms. The van der Waals surface area contributed by atoms with Crippen LogP contribution in [0.15, 0.2) is 61.1 Å². The van der Waals surface area contributed by atoms with Crippen molar-refractivity contribution in [2.75, 3.05) is 5.32 Å². The third-order valence-electron chi connectivity index (χ3n) is 3.71. The molecule has 0 saturated carbocycles. The van der Waals surface area contributed by atoms with Gasteiger partial charge in [0.05, 0.1) is 6.33 Å². The predicted octanol–water partition coefficient (Wildman–Crippen LogP) is 4.81. The largest absolute Gasteiger partial charge is 0.331 e. The zero-order valence-electron chi connectivity index (χ0n) is 13.5. The van der Waals surface area contributed by atoms with Crippen molar-refractivity contribution in [2.24, 2.45) is 0 Å². The SMILES string of the molecule is O=C(CCc1ccc(Cl)cc1)Nc1cn(Cc2cccc(Cl)c2)cn1. The Bertz CT molecular complexity index is 859. The Kier molecular flexibility index (Phi) is 5.74. The van der Waals surface area contributed by atoms with E-state index < -0.39 is 0 Å². The first kappa shape index (κ1) is 17.5. The monoisotopic (exact) mass is 373 g/mol. The van der Waals surface area contributed by atoms with E-state index in [0.717, 1.165) is 11.1 Å². The summed E-state index contributed by atoms with van der Waals surface area (Å²) >= 11 is 11.8. The lowest BCUT2D eigenvalue weighted by Gasteiger charge is -2.04. The lowest BCUT2D eigenvalue weighted by molar-refractivity contribution is -0.116. The maximum Gasteiger partial charge on any atom is 0.225 e. The van der Waals surface area contributed by atoms with Crippen LogP contribution in [0.5, 0.6) is 0 Å². The number of anilines is 1. The molecule has 0 aliphatic rings. The molecule has 0 radical (unpaired) electrons. The van der Waals surface area contributed by atoms with Gasteiger partial charge in [0.25, 0.3) is 0 Å². The topological polar surface area (TPSA) is 46.9 Å². The Hall–Kier alpha value is -2.30. The number of carbonyl (C=O) groups is 1. The Morgan fingerprint density at radius 1 is 1.04 bits per heavy atom. The summed E-state index contributed by atoms with van der Waals surface area (Å²) in [5.74, 6) is 0.478. The zero-order chi connectivity index (χ0) is 17.6. The van der Waals surface area contributed by atoms with Gasteiger partial charge in [-0.15, -0.1) is 0 Å². The van der Waals surface area contributed by atoms with Gasteiger partial charge in [0.15, 0.2) is 5.82 Å². The van der Waals surface area contributed by atoms with Gasteiger partial charge < -0.3 is 9.88 Å². The molecule has 0 fully saturated rings. The highest BCUT2D eigenvalue weighted by Gasteiger charge is 2.06. The van der Waals surface area contributed by atoms with Crippen LogP contribution in [0.1, 0.15) is 17.5 Å². The fourth-order valence-corrected chi connectivity index (χ4v) is 2.81. The highest BCUT2D eigenvalue weighted by atomic mass is 35.5. The maximum absolute atomic E-state index is 12.1. The summed E-state index contributed by atoms with van der Waals surface area (Å²) < 4.78 is 1.90. The second-order valence-corrected chi connectivity index (χ2v) is 6.61. The highest BCUT2D eigenvalue weighted by Crippen LogP contribution is 2.14. The number of nitrogens with one attached hydrogen (secondary N) is 1. The van der Waals surface area contributed by atoms with Gasteiger partial charge in [0.1, 0.15) is 0 Å². The molecule has 0 aliphatic heterocycles. The van der Waals surface area contributed by atoms with Gasteiger partial charge in [-0.05, 0) is 41.8 Å². The van der Waals surface area contributed by atoms with Crippen LogP contribution in [0.25, 0.3) is 0 Å². The summed E-state index contributed by atoms with van der Waals surface area (Å²) in [5, 5.41) is 4.21. The maximum atomic E-state index is 12.1. The molecular formula is C19H17Cl2N3O. The molecule has 3 rings (SSSR count). The van der Waals surface area contributed by atoms with Gasteiger partial charge in [0.2, 0.25) is 5.91 Å². The quantitative estimate of drug-likeness (QED) is 0.673. The average molecular weight is 374 g/mol. The van der Waals surface area contributed by atoms with Gasteiger partial charge in [0, 0.05) is 29.2 Å². The highest BCUT2D eigenvalue weighted by molar-refractivity contribution is 6.30. The molecular weight excluding hydrogens is 357 g/mol. The second kappa shape index (κ2) is 8.19. The molecule has 3 aromatic rings. The van der Waals surface area contributed by atoms with E-state index in [-0.39, 0.29) is 5.91 Å². The number of hydrogen-bond acceptors (Lipinski definition) is 2. The summed E-state index contributed by atoms with van der Waals surface area (Å²) in [6, 6.07) is 15.2. The fraction of sp³-hybridized carbons (Fsp3) is 0.158. The number of amides is 1. The number of imidazole rings is 1. The van der Waals surface area contributed by atoms with Crippen LogP contribution in [-0.2, 0) is 17.8 Å². The van der Waals surface area contributed by atoms with Crippen molar-refractivity contribution in [3.05, 3.63) is 82.2 Å². The van der Waals surface area contributed by atoms with Gasteiger partial charge in [-0.1, -0.05) is 47.5 Å². The molecule has 1 N–H and O–H groups in total. The standard InChI is InChI=1S/C19H17Cl2N3O/c20-16-7-4-14(5-8-16)6-9-19(25)23-18-12-24(13-22-18)11-15-2-1-3-17(21)10-15/h1-5,7-8,10,12-13H,6,9,11H2,(H,23,25). The minimum absolute atomic E-state index is 0.0667. The van der Waals surface area contributed by atoms with Crippen LogP contribution >= 0.6 is 23.2 Å². The number of aryl methyl sites for hydroxylation is 1. The van der Waals surface area contributed by atoms with E-state index in [2.05, 4.69) is 10.3 Å². The molecule has 1 aromatic heterocycles. The third-order valence-corrected chi connectivity index (χ3v) is 4.20. The van der Waals surface area contributed by atoms with Crippen molar-refractivity contribution in [3.8, 4) is 0 Å². The van der Waals surface area contributed by atoms with Gasteiger partial charge in [-0.3, -0.25) is 4.79 Å². The normalized spacial score (nSPS) is 10.6. The van der Waals surface area contributed by atoms with Crippen molar-refractivity contribution in [1.82, 2.24) is 9.55 Å². The predicted molar refractivity (Wildman–Crippen MR) is 101 cm³/mol. The van der Waals surface area contributed by atoms with E-state index in [0.29, 0.717) is 35.2 Å². The summed E-state index contributed by atoms with van der Waals surface area (Å²) in [6.45, 7) is 0.647. The van der Waals surface area contributed by atoms with Gasteiger partial charge in [-0.2, -0.15) is 0 Å². The number of nitrogens with zero attached hydrogens (tertiary/aromatic N) is 2. The van der Waals surface area contributed by atoms with Crippen molar-refractivity contribution in [3.63, 3.8) is 0 Å². The van der Waals surface area contributed by atoms with E-state index >= 15 is 0 Å². The van der Waals surface area contributed by atoms with Crippen LogP contribution in [-0.4, -0.2) is 15.5 Å². The number of halogens is 2. The van der Waals surface area contributed by atoms with E-state index in [1.807, 2.05) is 53.1 Å². The number of carbonyl (C=O) groups excluding carboxylic acids is 1. The van der Waals surface area contributed by atoms with E-state index in [1.54, 1.807) is 12.5 Å². The molecule has 0 bridgehead atoms. The van der Waals surface area contributed by atoms with Gasteiger partial charge >= 0.3 is 0 Å². The molecule has 0 aliphatic carbocycles. The van der Waals surface area contributed by atoms with Crippen LogP contribution in [0.4, 0.5) is 5.82 Å². The number of hydrogen-bond donors (Lipinski definition) is 1. The average Bonchev–Trinajstić information content (AvgIpc) is 3.01. The van der Waals surface area contributed by atoms with E-state index in [1.165, 1.54) is 0 Å². The minimum Gasteiger partial charge on any atom is -0.331 e. The second-order valence-electron chi connectivity index (χ2n) is 5.74. The van der Waals surface area contributed by atoms with Crippen molar-refractivity contribution in [2.45, 2.75) is 19.4 Å². The Labute approximate surface area is 156 Å². The van der Waals surface area contributed by atoms with Crippen LogP contribution in [0.3, 0.4) is 0 Å². The molecule has 0 spiro atoms. The molecule has 4 nitrogen and oxygen atoms in total. The molecule has 0 atom stereocenters. The molecule has 6 heteroatoms. The van der Waals surface area contributed by atoms with Crippen LogP contribution in [0, 0.1) is 0 Å². The lowest BCUT2D eigenvalue weighted by atomic mass is 10.1. The Morgan fingerprint density at radius 3 is 2.60 bits per heavy atom. The molecule has 128 valence electrons. The van der Waals surface area contributed by atoms with E-state index in [4.69, 9.17) is 23.2 Å². The Morgan fingerprint density at radius 2 is 1.84 bits per heavy atom. The molecule has 2 aromatic carbocycles. The minimum atomic E-state index is -0.0667. The number of benzene rings is 2. The van der Waals surface area contributed by atoms with Gasteiger partial charge in [-0.25, -0.2) is 4.98 Å². The lowest BCUT2D eigenvalue weighted by Crippen LogP contribution is -2.12. The summed E-state index contributed by atoms with van der Waals surface area (Å²) in [6.07, 6.45) is 4.55. The summed E-state index contributed by atoms with van der Waals surface area (Å²) in [4.78, 5) is 16.3. The zero-order valence-corrected chi connectivity index (χ0v) is 15.0. The first-order valence-electron chi connectivity index (χ1n) is 7.89. The molecule has 1 amide bonds. The van der Waals surface area contributed by atoms with Crippen LogP contribution in [0.2, 0.25) is 10.0 Å². The summed E-state index contributed by atoms with van der Waals surface area (Å²) in [7, 11) is 0. The van der Waals surface area contributed by atoms with E-state index in [9.17, 15) is 4.79 Å². The van der Waals surface area contributed by atoms with Crippen molar-refractivity contribution >= 4 is 34.9 Å². The van der Waals surface area contributed by atoms with Crippen LogP contribution < -0.4 is 5.32 Å².